The number of anilines is 1. The molecule has 1 rings (SSSR count). The van der Waals surface area contributed by atoms with Crippen LogP contribution in [0.25, 0.3) is 0 Å². The summed E-state index contributed by atoms with van der Waals surface area (Å²) in [6.45, 7) is 6.32. The summed E-state index contributed by atoms with van der Waals surface area (Å²) in [6.07, 6.45) is -0.639. The number of hydrogen-bond donors (Lipinski definition) is 2. The van der Waals surface area contributed by atoms with E-state index in [0.29, 0.717) is 12.2 Å². The monoisotopic (exact) mass is 319 g/mol. The third kappa shape index (κ3) is 5.80. The molecule has 1 unspecified atom stereocenters. The second-order valence-corrected chi connectivity index (χ2v) is 5.94. The van der Waals surface area contributed by atoms with E-state index in [1.807, 2.05) is 20.8 Å². The SMILES string of the molecule is CC(C)(C)OCC(O)CNc1cc(F)ccc1Br. The Morgan fingerprint density at radius 1 is 1.44 bits per heavy atom. The van der Waals surface area contributed by atoms with Gasteiger partial charge in [0.2, 0.25) is 0 Å². The van der Waals surface area contributed by atoms with Gasteiger partial charge in [-0.2, -0.15) is 0 Å². The quantitative estimate of drug-likeness (QED) is 0.875. The summed E-state index contributed by atoms with van der Waals surface area (Å²) < 4.78 is 19.2. The molecule has 2 N–H and O–H groups in total. The maximum absolute atomic E-state index is 13.0. The molecule has 0 amide bonds. The van der Waals surface area contributed by atoms with Gasteiger partial charge in [0, 0.05) is 11.0 Å². The topological polar surface area (TPSA) is 41.5 Å². The van der Waals surface area contributed by atoms with Crippen molar-refractivity contribution < 1.29 is 14.2 Å². The van der Waals surface area contributed by atoms with Crippen LogP contribution in [0.5, 0.6) is 0 Å². The molecule has 3 nitrogen and oxygen atoms in total. The molecule has 1 atom stereocenters. The van der Waals surface area contributed by atoms with Crippen molar-refractivity contribution in [1.29, 1.82) is 0 Å². The fraction of sp³-hybridized carbons (Fsp3) is 0.538. The van der Waals surface area contributed by atoms with Gasteiger partial charge in [0.25, 0.3) is 0 Å². The normalized spacial score (nSPS) is 13.4. The van der Waals surface area contributed by atoms with Crippen LogP contribution in [0.1, 0.15) is 20.8 Å². The van der Waals surface area contributed by atoms with E-state index < -0.39 is 6.10 Å². The Bertz CT molecular complexity index is 393. The Labute approximate surface area is 115 Å². The largest absolute Gasteiger partial charge is 0.389 e. The molecule has 102 valence electrons. The second kappa shape index (κ2) is 6.50. The summed E-state index contributed by atoms with van der Waals surface area (Å²) in [5.41, 5.74) is 0.338. The van der Waals surface area contributed by atoms with Gasteiger partial charge in [-0.25, -0.2) is 4.39 Å². The first-order chi connectivity index (χ1) is 8.28. The number of halogens is 2. The molecular weight excluding hydrogens is 301 g/mol. The van der Waals surface area contributed by atoms with Crippen molar-refractivity contribution in [1.82, 2.24) is 0 Å². The Balaban J connectivity index is 2.42. The molecule has 0 aromatic heterocycles. The van der Waals surface area contributed by atoms with Crippen LogP contribution >= 0.6 is 15.9 Å². The number of rotatable bonds is 5. The predicted octanol–water partition coefficient (Wildman–Crippen LogP) is 3.18. The van der Waals surface area contributed by atoms with Crippen molar-refractivity contribution in [3.05, 3.63) is 28.5 Å². The van der Waals surface area contributed by atoms with E-state index in [0.717, 1.165) is 4.47 Å². The van der Waals surface area contributed by atoms with Crippen LogP contribution in [0.2, 0.25) is 0 Å². The van der Waals surface area contributed by atoms with Crippen molar-refractivity contribution in [2.75, 3.05) is 18.5 Å². The molecule has 1 aromatic carbocycles. The minimum Gasteiger partial charge on any atom is -0.389 e. The first-order valence-corrected chi connectivity index (χ1v) is 6.58. The van der Waals surface area contributed by atoms with Gasteiger partial charge < -0.3 is 15.2 Å². The molecule has 0 aliphatic heterocycles. The number of ether oxygens (including phenoxy) is 1. The maximum Gasteiger partial charge on any atom is 0.125 e. The molecule has 0 aliphatic rings. The van der Waals surface area contributed by atoms with Gasteiger partial charge in [-0.15, -0.1) is 0 Å². The summed E-state index contributed by atoms with van der Waals surface area (Å²) in [7, 11) is 0. The molecule has 0 bridgehead atoms. The Kier molecular flexibility index (Phi) is 5.56. The molecule has 0 radical (unpaired) electrons. The van der Waals surface area contributed by atoms with Crippen LogP contribution in [0.15, 0.2) is 22.7 Å². The van der Waals surface area contributed by atoms with E-state index in [4.69, 9.17) is 4.74 Å². The molecule has 0 heterocycles. The number of aliphatic hydroxyl groups is 1. The smallest absolute Gasteiger partial charge is 0.125 e. The zero-order valence-corrected chi connectivity index (χ0v) is 12.4. The third-order valence-corrected chi connectivity index (χ3v) is 2.86. The summed E-state index contributed by atoms with van der Waals surface area (Å²) >= 11 is 3.31. The van der Waals surface area contributed by atoms with E-state index in [9.17, 15) is 9.50 Å². The summed E-state index contributed by atoms with van der Waals surface area (Å²) in [6, 6.07) is 4.37. The summed E-state index contributed by atoms with van der Waals surface area (Å²) in [4.78, 5) is 0. The molecule has 1 aromatic rings. The lowest BCUT2D eigenvalue weighted by molar-refractivity contribution is -0.0449. The summed E-state index contributed by atoms with van der Waals surface area (Å²) in [5.74, 6) is -0.318. The van der Waals surface area contributed by atoms with Crippen molar-refractivity contribution in [3.63, 3.8) is 0 Å². The average molecular weight is 320 g/mol. The van der Waals surface area contributed by atoms with E-state index in [1.54, 1.807) is 6.07 Å². The minimum absolute atomic E-state index is 0.240. The van der Waals surface area contributed by atoms with Gasteiger partial charge in [-0.3, -0.25) is 0 Å². The van der Waals surface area contributed by atoms with Crippen LogP contribution in [-0.4, -0.2) is 30.0 Å². The van der Waals surface area contributed by atoms with Gasteiger partial charge in [-0.05, 0) is 54.9 Å². The highest BCUT2D eigenvalue weighted by molar-refractivity contribution is 9.10. The molecule has 0 saturated heterocycles. The lowest BCUT2D eigenvalue weighted by Gasteiger charge is -2.22. The van der Waals surface area contributed by atoms with Crippen LogP contribution < -0.4 is 5.32 Å². The van der Waals surface area contributed by atoms with Crippen LogP contribution in [-0.2, 0) is 4.74 Å². The predicted molar refractivity (Wildman–Crippen MR) is 74.3 cm³/mol. The van der Waals surface area contributed by atoms with Crippen LogP contribution in [0.4, 0.5) is 10.1 Å². The minimum atomic E-state index is -0.639. The third-order valence-electron chi connectivity index (χ3n) is 2.17. The molecule has 5 heteroatoms. The number of hydrogen-bond acceptors (Lipinski definition) is 3. The zero-order chi connectivity index (χ0) is 13.8. The summed E-state index contributed by atoms with van der Waals surface area (Å²) in [5, 5.41) is 12.7. The van der Waals surface area contributed by atoms with Gasteiger partial charge >= 0.3 is 0 Å². The van der Waals surface area contributed by atoms with Crippen molar-refractivity contribution in [2.45, 2.75) is 32.5 Å². The Morgan fingerprint density at radius 3 is 2.72 bits per heavy atom. The number of aliphatic hydroxyl groups excluding tert-OH is 1. The lowest BCUT2D eigenvalue weighted by Crippen LogP contribution is -2.30. The van der Waals surface area contributed by atoms with E-state index >= 15 is 0 Å². The molecule has 0 spiro atoms. The highest BCUT2D eigenvalue weighted by Gasteiger charge is 2.13. The fourth-order valence-corrected chi connectivity index (χ4v) is 1.65. The molecule has 0 saturated carbocycles. The van der Waals surface area contributed by atoms with Crippen molar-refractivity contribution in [3.8, 4) is 0 Å². The van der Waals surface area contributed by atoms with E-state index in [2.05, 4.69) is 21.2 Å². The van der Waals surface area contributed by atoms with Gasteiger partial charge in [0.05, 0.1) is 24.0 Å². The zero-order valence-electron chi connectivity index (χ0n) is 10.8. The highest BCUT2D eigenvalue weighted by Crippen LogP contribution is 2.22. The van der Waals surface area contributed by atoms with E-state index in [-0.39, 0.29) is 18.0 Å². The number of benzene rings is 1. The molecular formula is C13H19BrFNO2. The fourth-order valence-electron chi connectivity index (χ4n) is 1.27. The van der Waals surface area contributed by atoms with Crippen LogP contribution in [0.3, 0.4) is 0 Å². The average Bonchev–Trinajstić information content (AvgIpc) is 2.26. The molecule has 0 fully saturated rings. The van der Waals surface area contributed by atoms with E-state index in [1.165, 1.54) is 12.1 Å². The maximum atomic E-state index is 13.0. The highest BCUT2D eigenvalue weighted by atomic mass is 79.9. The number of nitrogens with one attached hydrogen (secondary N) is 1. The second-order valence-electron chi connectivity index (χ2n) is 5.08. The standard InChI is InChI=1S/C13H19BrFNO2/c1-13(2,3)18-8-10(17)7-16-12-6-9(15)4-5-11(12)14/h4-6,10,16-17H,7-8H2,1-3H3. The van der Waals surface area contributed by atoms with Crippen LogP contribution in [0, 0.1) is 5.82 Å². The van der Waals surface area contributed by atoms with Gasteiger partial charge in [-0.1, -0.05) is 0 Å². The van der Waals surface area contributed by atoms with Gasteiger partial charge in [0.1, 0.15) is 5.82 Å². The first kappa shape index (κ1) is 15.4. The van der Waals surface area contributed by atoms with Crippen molar-refractivity contribution >= 4 is 21.6 Å². The van der Waals surface area contributed by atoms with Crippen molar-refractivity contribution in [2.24, 2.45) is 0 Å². The lowest BCUT2D eigenvalue weighted by atomic mass is 10.2. The molecule has 0 aliphatic carbocycles. The van der Waals surface area contributed by atoms with Gasteiger partial charge in [0.15, 0.2) is 0 Å². The Morgan fingerprint density at radius 2 is 2.11 bits per heavy atom. The first-order valence-electron chi connectivity index (χ1n) is 5.79. The molecule has 18 heavy (non-hydrogen) atoms. The Hall–Kier alpha value is -0.650.